The Balaban J connectivity index is 1.70. The Labute approximate surface area is 136 Å². The van der Waals surface area contributed by atoms with Gasteiger partial charge < -0.3 is 9.30 Å². The van der Waals surface area contributed by atoms with Crippen molar-refractivity contribution in [3.63, 3.8) is 0 Å². The van der Waals surface area contributed by atoms with Crippen LogP contribution in [-0.4, -0.2) is 27.7 Å². The lowest BCUT2D eigenvalue weighted by atomic mass is 10.00. The van der Waals surface area contributed by atoms with E-state index in [4.69, 9.17) is 4.74 Å². The first-order chi connectivity index (χ1) is 11.2. The number of aryl methyl sites for hydroxylation is 2. The van der Waals surface area contributed by atoms with Gasteiger partial charge in [0.1, 0.15) is 0 Å². The quantitative estimate of drug-likeness (QED) is 0.742. The fourth-order valence-corrected chi connectivity index (χ4v) is 3.32. The van der Waals surface area contributed by atoms with Crippen LogP contribution in [0.15, 0.2) is 36.9 Å². The van der Waals surface area contributed by atoms with Crippen molar-refractivity contribution < 1.29 is 4.74 Å². The summed E-state index contributed by atoms with van der Waals surface area (Å²) in [7, 11) is 0. The molecular weight excluding hydrogens is 286 g/mol. The highest BCUT2D eigenvalue weighted by Gasteiger charge is 2.20. The molecule has 0 N–H and O–H groups in total. The van der Waals surface area contributed by atoms with Gasteiger partial charge in [-0.15, -0.1) is 0 Å². The molecule has 23 heavy (non-hydrogen) atoms. The third-order valence-electron chi connectivity index (χ3n) is 4.77. The van der Waals surface area contributed by atoms with Crippen molar-refractivity contribution in [2.45, 2.75) is 26.8 Å². The van der Waals surface area contributed by atoms with Crippen molar-refractivity contribution in [2.75, 3.05) is 13.2 Å². The zero-order valence-electron chi connectivity index (χ0n) is 13.6. The Hall–Kier alpha value is -2.20. The van der Waals surface area contributed by atoms with Gasteiger partial charge in [0.15, 0.2) is 0 Å². The van der Waals surface area contributed by atoms with Crippen molar-refractivity contribution in [3.8, 4) is 0 Å². The van der Waals surface area contributed by atoms with Crippen LogP contribution < -0.4 is 0 Å². The van der Waals surface area contributed by atoms with Crippen LogP contribution in [0, 0.1) is 19.8 Å². The van der Waals surface area contributed by atoms with Crippen LogP contribution in [0.1, 0.15) is 22.4 Å². The van der Waals surface area contributed by atoms with E-state index in [2.05, 4.69) is 46.7 Å². The zero-order valence-corrected chi connectivity index (χ0v) is 13.6. The first kappa shape index (κ1) is 14.4. The van der Waals surface area contributed by atoms with E-state index in [0.717, 1.165) is 31.9 Å². The van der Waals surface area contributed by atoms with Crippen LogP contribution in [0.3, 0.4) is 0 Å². The largest absolute Gasteiger partial charge is 0.381 e. The third-order valence-corrected chi connectivity index (χ3v) is 4.77. The maximum Gasteiger partial charge on any atom is 0.0541 e. The molecule has 4 nitrogen and oxygen atoms in total. The van der Waals surface area contributed by atoms with Gasteiger partial charge in [-0.2, -0.15) is 0 Å². The molecule has 0 radical (unpaired) electrons. The Morgan fingerprint density at radius 2 is 1.96 bits per heavy atom. The molecule has 0 aliphatic carbocycles. The average molecular weight is 307 g/mol. The predicted molar refractivity (Wildman–Crippen MR) is 90.6 cm³/mol. The molecule has 3 aromatic heterocycles. The molecule has 1 aliphatic rings. The summed E-state index contributed by atoms with van der Waals surface area (Å²) in [6.45, 7) is 7.04. The number of pyridine rings is 2. The van der Waals surface area contributed by atoms with E-state index in [1.807, 2.05) is 18.6 Å². The van der Waals surface area contributed by atoms with Gasteiger partial charge in [-0.25, -0.2) is 0 Å². The summed E-state index contributed by atoms with van der Waals surface area (Å²) in [4.78, 5) is 8.92. The van der Waals surface area contributed by atoms with E-state index in [1.165, 1.54) is 27.6 Å². The van der Waals surface area contributed by atoms with Crippen LogP contribution in [0.5, 0.6) is 0 Å². The SMILES string of the molecule is Cc1cncc(C)c1Cc1nccc2c1ccn2CC1COC1. The van der Waals surface area contributed by atoms with Gasteiger partial charge in [0.25, 0.3) is 0 Å². The Morgan fingerprint density at radius 1 is 1.17 bits per heavy atom. The van der Waals surface area contributed by atoms with E-state index >= 15 is 0 Å². The highest BCUT2D eigenvalue weighted by atomic mass is 16.5. The van der Waals surface area contributed by atoms with E-state index in [1.54, 1.807) is 0 Å². The first-order valence-corrected chi connectivity index (χ1v) is 8.13. The van der Waals surface area contributed by atoms with E-state index in [0.29, 0.717) is 5.92 Å². The molecule has 1 saturated heterocycles. The summed E-state index contributed by atoms with van der Waals surface area (Å²) in [6, 6.07) is 4.31. The van der Waals surface area contributed by atoms with Gasteiger partial charge in [-0.3, -0.25) is 9.97 Å². The van der Waals surface area contributed by atoms with Crippen LogP contribution >= 0.6 is 0 Å². The summed E-state index contributed by atoms with van der Waals surface area (Å²) in [6.07, 6.45) is 8.83. The van der Waals surface area contributed by atoms with Gasteiger partial charge in [0.2, 0.25) is 0 Å². The van der Waals surface area contributed by atoms with Gasteiger partial charge in [0, 0.05) is 49.1 Å². The summed E-state index contributed by atoms with van der Waals surface area (Å²) in [5.74, 6) is 0.645. The molecule has 0 atom stereocenters. The van der Waals surface area contributed by atoms with Crippen molar-refractivity contribution in [1.82, 2.24) is 14.5 Å². The number of hydrogen-bond donors (Lipinski definition) is 0. The number of aromatic nitrogens is 3. The van der Waals surface area contributed by atoms with E-state index in [9.17, 15) is 0 Å². The highest BCUT2D eigenvalue weighted by Crippen LogP contribution is 2.25. The molecule has 118 valence electrons. The van der Waals surface area contributed by atoms with Crippen molar-refractivity contribution >= 4 is 10.9 Å². The lowest BCUT2D eigenvalue weighted by molar-refractivity contribution is -0.0388. The maximum atomic E-state index is 5.29. The molecule has 0 aromatic carbocycles. The van der Waals surface area contributed by atoms with Crippen LogP contribution in [0.2, 0.25) is 0 Å². The molecule has 0 bridgehead atoms. The smallest absolute Gasteiger partial charge is 0.0541 e. The molecule has 0 amide bonds. The second-order valence-electron chi connectivity index (χ2n) is 6.49. The predicted octanol–water partition coefficient (Wildman–Crippen LogP) is 3.29. The van der Waals surface area contributed by atoms with Crippen molar-refractivity contribution in [2.24, 2.45) is 5.92 Å². The number of rotatable bonds is 4. The number of hydrogen-bond acceptors (Lipinski definition) is 3. The third kappa shape index (κ3) is 2.63. The van der Waals surface area contributed by atoms with Crippen LogP contribution in [-0.2, 0) is 17.7 Å². The Bertz CT molecular complexity index is 829. The maximum absolute atomic E-state index is 5.29. The molecule has 1 fully saturated rings. The monoisotopic (exact) mass is 307 g/mol. The molecule has 4 heteroatoms. The number of nitrogens with zero attached hydrogens (tertiary/aromatic N) is 3. The minimum Gasteiger partial charge on any atom is -0.381 e. The molecule has 4 rings (SSSR count). The Kier molecular flexibility index (Phi) is 3.62. The molecule has 0 saturated carbocycles. The molecule has 3 aromatic rings. The van der Waals surface area contributed by atoms with Crippen molar-refractivity contribution in [1.29, 1.82) is 0 Å². The van der Waals surface area contributed by atoms with Gasteiger partial charge in [-0.05, 0) is 42.7 Å². The minimum atomic E-state index is 0.645. The summed E-state index contributed by atoms with van der Waals surface area (Å²) >= 11 is 0. The average Bonchev–Trinajstić information content (AvgIpc) is 2.91. The van der Waals surface area contributed by atoms with Crippen LogP contribution in [0.4, 0.5) is 0 Å². The molecule has 4 heterocycles. The first-order valence-electron chi connectivity index (χ1n) is 8.13. The fourth-order valence-electron chi connectivity index (χ4n) is 3.32. The van der Waals surface area contributed by atoms with E-state index < -0.39 is 0 Å². The van der Waals surface area contributed by atoms with Gasteiger partial charge >= 0.3 is 0 Å². The lowest BCUT2D eigenvalue weighted by Crippen LogP contribution is -2.31. The number of fused-ring (bicyclic) bond motifs is 1. The molecular formula is C19H21N3O. The highest BCUT2D eigenvalue weighted by molar-refractivity contribution is 5.82. The van der Waals surface area contributed by atoms with Crippen molar-refractivity contribution in [3.05, 3.63) is 59.3 Å². The summed E-state index contributed by atoms with van der Waals surface area (Å²) in [5.41, 5.74) is 6.21. The molecule has 1 aliphatic heterocycles. The lowest BCUT2D eigenvalue weighted by Gasteiger charge is -2.26. The second kappa shape index (κ2) is 5.78. The zero-order chi connectivity index (χ0) is 15.8. The fraction of sp³-hybridized carbons (Fsp3) is 0.368. The molecule has 0 unspecified atom stereocenters. The number of ether oxygens (including phenoxy) is 1. The van der Waals surface area contributed by atoms with Gasteiger partial charge in [-0.1, -0.05) is 0 Å². The topological polar surface area (TPSA) is 39.9 Å². The Morgan fingerprint density at radius 3 is 2.65 bits per heavy atom. The van der Waals surface area contributed by atoms with Gasteiger partial charge in [0.05, 0.1) is 24.4 Å². The van der Waals surface area contributed by atoms with Crippen LogP contribution in [0.25, 0.3) is 10.9 Å². The standard InChI is InChI=1S/C19H21N3O/c1-13-8-20-9-14(2)17(13)7-18-16-4-6-22(10-15-11-23-12-15)19(16)3-5-21-18/h3-6,8-9,15H,7,10-12H2,1-2H3. The normalized spacial score (nSPS) is 15.0. The van der Waals surface area contributed by atoms with E-state index in [-0.39, 0.29) is 0 Å². The minimum absolute atomic E-state index is 0.645. The molecule has 0 spiro atoms. The summed E-state index contributed by atoms with van der Waals surface area (Å²) in [5, 5.41) is 1.25. The summed E-state index contributed by atoms with van der Waals surface area (Å²) < 4.78 is 7.63. The second-order valence-corrected chi connectivity index (χ2v) is 6.49.